The predicted molar refractivity (Wildman–Crippen MR) is 140 cm³/mol. The third-order valence-electron chi connectivity index (χ3n) is 5.45. The molecule has 0 bridgehead atoms. The number of benzene rings is 1. The number of imidazole rings is 1. The number of hydrogen-bond donors (Lipinski definition) is 2. The number of amides is 1. The van der Waals surface area contributed by atoms with Crippen molar-refractivity contribution in [2.75, 3.05) is 26.1 Å². The molecule has 0 spiro atoms. The molecular formula is C24H27Cl2N5O4S. The van der Waals surface area contributed by atoms with Gasteiger partial charge in [0.15, 0.2) is 0 Å². The number of carbonyl (C=O) groups excluding carboxylic acids is 1. The van der Waals surface area contributed by atoms with Gasteiger partial charge in [-0.2, -0.15) is 5.26 Å². The summed E-state index contributed by atoms with van der Waals surface area (Å²) in [6.45, 7) is 3.57. The Morgan fingerprint density at radius 3 is 2.61 bits per heavy atom. The summed E-state index contributed by atoms with van der Waals surface area (Å²) in [6, 6.07) is 10.5. The van der Waals surface area contributed by atoms with Crippen LogP contribution in [0.15, 0.2) is 36.5 Å². The molecule has 192 valence electrons. The highest BCUT2D eigenvalue weighted by atomic mass is 35.5. The number of aromatic nitrogens is 2. The molecule has 0 saturated carbocycles. The zero-order valence-electron chi connectivity index (χ0n) is 20.2. The SMILES string of the molecule is COc1ccc(C(OC)C(O)N(CC(=O)Nc2nc(-c3ccc(Cl)s3)cn2CC#N)C(C)C)cc1Cl. The van der Waals surface area contributed by atoms with Crippen LogP contribution in [-0.2, 0) is 16.1 Å². The highest BCUT2D eigenvalue weighted by molar-refractivity contribution is 7.19. The average Bonchev–Trinajstić information content (AvgIpc) is 3.44. The quantitative estimate of drug-likeness (QED) is 0.329. The van der Waals surface area contributed by atoms with Crippen molar-refractivity contribution in [3.8, 4) is 22.4 Å². The average molecular weight is 552 g/mol. The summed E-state index contributed by atoms with van der Waals surface area (Å²) in [7, 11) is 2.99. The van der Waals surface area contributed by atoms with E-state index in [4.69, 9.17) is 32.7 Å². The number of thiophene rings is 1. The monoisotopic (exact) mass is 551 g/mol. The van der Waals surface area contributed by atoms with Gasteiger partial charge in [-0.3, -0.25) is 15.0 Å². The van der Waals surface area contributed by atoms with Gasteiger partial charge in [-0.25, -0.2) is 4.98 Å². The number of aliphatic hydroxyl groups excluding tert-OH is 1. The number of methoxy groups -OCH3 is 2. The van der Waals surface area contributed by atoms with Gasteiger partial charge in [-0.15, -0.1) is 11.3 Å². The lowest BCUT2D eigenvalue weighted by molar-refractivity contribution is -0.133. The number of nitriles is 1. The number of ether oxygens (including phenoxy) is 2. The summed E-state index contributed by atoms with van der Waals surface area (Å²) in [4.78, 5) is 19.9. The van der Waals surface area contributed by atoms with Crippen LogP contribution in [-0.4, -0.2) is 58.5 Å². The number of hydrogen-bond acceptors (Lipinski definition) is 8. The van der Waals surface area contributed by atoms with Gasteiger partial charge in [-0.05, 0) is 43.7 Å². The molecule has 1 aromatic carbocycles. The van der Waals surface area contributed by atoms with Gasteiger partial charge >= 0.3 is 0 Å². The number of nitrogens with zero attached hydrogens (tertiary/aromatic N) is 4. The normalized spacial score (nSPS) is 13.0. The number of carbonyl (C=O) groups is 1. The van der Waals surface area contributed by atoms with Crippen LogP contribution in [0.2, 0.25) is 9.36 Å². The Balaban J connectivity index is 1.79. The molecule has 2 unspecified atom stereocenters. The molecule has 2 N–H and O–H groups in total. The van der Waals surface area contributed by atoms with Gasteiger partial charge in [-0.1, -0.05) is 29.3 Å². The van der Waals surface area contributed by atoms with Crippen LogP contribution in [0.1, 0.15) is 25.5 Å². The molecule has 0 saturated heterocycles. The minimum absolute atomic E-state index is 0.00220. The Morgan fingerprint density at radius 2 is 2.06 bits per heavy atom. The topological polar surface area (TPSA) is 113 Å². The van der Waals surface area contributed by atoms with E-state index in [1.165, 1.54) is 25.6 Å². The second kappa shape index (κ2) is 12.5. The molecule has 1 amide bonds. The van der Waals surface area contributed by atoms with Crippen LogP contribution < -0.4 is 10.1 Å². The van der Waals surface area contributed by atoms with E-state index in [0.29, 0.717) is 26.4 Å². The predicted octanol–water partition coefficient (Wildman–Crippen LogP) is 4.81. The van der Waals surface area contributed by atoms with E-state index in [2.05, 4.69) is 16.4 Å². The molecule has 0 radical (unpaired) electrons. The van der Waals surface area contributed by atoms with Crippen molar-refractivity contribution in [2.45, 2.75) is 38.8 Å². The Labute approximate surface area is 223 Å². The maximum atomic E-state index is 13.0. The van der Waals surface area contributed by atoms with E-state index >= 15 is 0 Å². The largest absolute Gasteiger partial charge is 0.495 e. The van der Waals surface area contributed by atoms with Crippen molar-refractivity contribution in [2.24, 2.45) is 0 Å². The Kier molecular flexibility index (Phi) is 9.73. The highest BCUT2D eigenvalue weighted by Crippen LogP contribution is 2.32. The summed E-state index contributed by atoms with van der Waals surface area (Å²) in [5.41, 5.74) is 1.22. The summed E-state index contributed by atoms with van der Waals surface area (Å²) in [6.07, 6.45) is -0.253. The number of aliphatic hydroxyl groups is 1. The van der Waals surface area contributed by atoms with Gasteiger partial charge in [0.25, 0.3) is 0 Å². The van der Waals surface area contributed by atoms with E-state index in [0.717, 1.165) is 4.88 Å². The maximum Gasteiger partial charge on any atom is 0.240 e. The fourth-order valence-corrected chi connectivity index (χ4v) is 4.92. The van der Waals surface area contributed by atoms with Crippen LogP contribution >= 0.6 is 34.5 Å². The molecule has 0 aliphatic rings. The third kappa shape index (κ3) is 6.56. The van der Waals surface area contributed by atoms with E-state index in [9.17, 15) is 15.2 Å². The highest BCUT2D eigenvalue weighted by Gasteiger charge is 2.31. The molecule has 0 fully saturated rings. The maximum absolute atomic E-state index is 13.0. The summed E-state index contributed by atoms with van der Waals surface area (Å²) < 4.78 is 12.9. The Hall–Kier alpha value is -2.65. The molecule has 12 heteroatoms. The fraction of sp³-hybridized carbons (Fsp3) is 0.375. The van der Waals surface area contributed by atoms with Crippen LogP contribution in [0.3, 0.4) is 0 Å². The summed E-state index contributed by atoms with van der Waals surface area (Å²) in [5, 5.41) is 23.5. The second-order valence-electron chi connectivity index (χ2n) is 8.12. The van der Waals surface area contributed by atoms with Crippen molar-refractivity contribution in [3.63, 3.8) is 0 Å². The lowest BCUT2D eigenvalue weighted by Crippen LogP contribution is -2.48. The number of rotatable bonds is 11. The van der Waals surface area contributed by atoms with Crippen molar-refractivity contribution in [3.05, 3.63) is 51.5 Å². The van der Waals surface area contributed by atoms with Gasteiger partial charge in [0.2, 0.25) is 11.9 Å². The first kappa shape index (κ1) is 27.9. The molecular weight excluding hydrogens is 525 g/mol. The van der Waals surface area contributed by atoms with Crippen LogP contribution in [0.4, 0.5) is 5.95 Å². The molecule has 9 nitrogen and oxygen atoms in total. The lowest BCUT2D eigenvalue weighted by atomic mass is 10.1. The van der Waals surface area contributed by atoms with Crippen LogP contribution in [0, 0.1) is 11.3 Å². The van der Waals surface area contributed by atoms with Gasteiger partial charge in [0.1, 0.15) is 30.3 Å². The van der Waals surface area contributed by atoms with Crippen molar-refractivity contribution in [1.29, 1.82) is 5.26 Å². The number of halogens is 2. The van der Waals surface area contributed by atoms with Gasteiger partial charge < -0.3 is 19.1 Å². The smallest absolute Gasteiger partial charge is 0.240 e. The first-order chi connectivity index (χ1) is 17.2. The van der Waals surface area contributed by atoms with Crippen molar-refractivity contribution in [1.82, 2.24) is 14.5 Å². The summed E-state index contributed by atoms with van der Waals surface area (Å²) >= 11 is 13.6. The van der Waals surface area contributed by atoms with E-state index in [1.54, 1.807) is 39.9 Å². The first-order valence-electron chi connectivity index (χ1n) is 11.0. The zero-order valence-corrected chi connectivity index (χ0v) is 22.6. The Bertz CT molecular complexity index is 1240. The third-order valence-corrected chi connectivity index (χ3v) is 7.00. The van der Waals surface area contributed by atoms with Crippen molar-refractivity contribution < 1.29 is 19.4 Å². The van der Waals surface area contributed by atoms with Crippen molar-refractivity contribution >= 4 is 46.4 Å². The first-order valence-corrected chi connectivity index (χ1v) is 12.5. The lowest BCUT2D eigenvalue weighted by Gasteiger charge is -2.35. The summed E-state index contributed by atoms with van der Waals surface area (Å²) in [5.74, 6) is 0.317. The van der Waals surface area contributed by atoms with E-state index in [-0.39, 0.29) is 25.1 Å². The van der Waals surface area contributed by atoms with Gasteiger partial charge in [0.05, 0.1) is 34.0 Å². The molecule has 2 atom stereocenters. The molecule has 3 aromatic rings. The second-order valence-corrected chi connectivity index (χ2v) is 10.2. The van der Waals surface area contributed by atoms with E-state index < -0.39 is 18.2 Å². The van der Waals surface area contributed by atoms with Gasteiger partial charge in [0, 0.05) is 19.3 Å². The van der Waals surface area contributed by atoms with Crippen LogP contribution in [0.5, 0.6) is 5.75 Å². The number of nitrogens with one attached hydrogen (secondary N) is 1. The fourth-order valence-electron chi connectivity index (χ4n) is 3.66. The molecule has 3 rings (SSSR count). The van der Waals surface area contributed by atoms with E-state index in [1.807, 2.05) is 19.9 Å². The minimum atomic E-state index is -1.16. The molecule has 2 aromatic heterocycles. The standard InChI is InChI=1S/C24H27Cl2N5O4S/c1-14(2)31(23(33)22(35-4)15-5-6-18(34-3)16(25)11-15)13-21(32)29-24-28-17(12-30(24)10-9-27)19-7-8-20(26)36-19/h5-8,11-12,14,22-23,33H,10,13H2,1-4H3,(H,28,29,32). The zero-order chi connectivity index (χ0) is 26.4. The molecule has 36 heavy (non-hydrogen) atoms. The minimum Gasteiger partial charge on any atom is -0.495 e. The molecule has 0 aliphatic heterocycles. The molecule has 0 aliphatic carbocycles. The number of anilines is 1. The van der Waals surface area contributed by atoms with Crippen LogP contribution in [0.25, 0.3) is 10.6 Å². The molecule has 2 heterocycles. The Morgan fingerprint density at radius 1 is 1.31 bits per heavy atom.